The number of pyridine rings is 1. The van der Waals surface area contributed by atoms with Gasteiger partial charge < -0.3 is 10.4 Å². The second-order valence-corrected chi connectivity index (χ2v) is 6.82. The number of nitrogens with one attached hydrogen (secondary N) is 1. The monoisotopic (exact) mass is 410 g/mol. The molecule has 2 N–H and O–H groups in total. The second kappa shape index (κ2) is 8.63. The molecule has 0 fully saturated rings. The Labute approximate surface area is 161 Å². The van der Waals surface area contributed by atoms with E-state index in [0.29, 0.717) is 12.1 Å². The predicted molar refractivity (Wildman–Crippen MR) is 105 cm³/mol. The van der Waals surface area contributed by atoms with Crippen LogP contribution in [0.1, 0.15) is 27.0 Å². The van der Waals surface area contributed by atoms with Gasteiger partial charge in [-0.05, 0) is 59.9 Å². The Kier molecular flexibility index (Phi) is 6.02. The number of aromatic nitrogens is 1. The number of hydrogen-bond acceptors (Lipinski definition) is 3. The van der Waals surface area contributed by atoms with Crippen molar-refractivity contribution in [2.45, 2.75) is 19.4 Å². The van der Waals surface area contributed by atoms with Gasteiger partial charge in [-0.15, -0.1) is 0 Å². The van der Waals surface area contributed by atoms with Crippen molar-refractivity contribution in [3.05, 3.63) is 93.7 Å². The van der Waals surface area contributed by atoms with Gasteiger partial charge in [-0.3, -0.25) is 9.78 Å². The summed E-state index contributed by atoms with van der Waals surface area (Å²) in [6.45, 7) is 0.402. The van der Waals surface area contributed by atoms with Gasteiger partial charge in [0.2, 0.25) is 0 Å². The van der Waals surface area contributed by atoms with Crippen LogP contribution in [0.5, 0.6) is 5.75 Å². The molecule has 26 heavy (non-hydrogen) atoms. The number of phenolic OH excluding ortho intramolecular Hbond substituents is 1. The summed E-state index contributed by atoms with van der Waals surface area (Å²) in [5, 5.41) is 12.8. The maximum Gasteiger partial charge on any atom is 0.253 e. The molecule has 0 spiro atoms. The molecule has 5 heteroatoms. The molecule has 1 heterocycles. The van der Waals surface area contributed by atoms with Gasteiger partial charge in [0, 0.05) is 23.4 Å². The molecule has 1 aromatic heterocycles. The molecule has 3 rings (SSSR count). The topological polar surface area (TPSA) is 62.2 Å². The Morgan fingerprint density at radius 1 is 1.00 bits per heavy atom. The highest BCUT2D eigenvalue weighted by Crippen LogP contribution is 2.22. The van der Waals surface area contributed by atoms with E-state index in [9.17, 15) is 9.90 Å². The molecule has 132 valence electrons. The van der Waals surface area contributed by atoms with Gasteiger partial charge in [0.15, 0.2) is 0 Å². The molecule has 0 aliphatic carbocycles. The molecule has 0 unspecified atom stereocenters. The molecule has 0 bridgehead atoms. The third-order valence-corrected chi connectivity index (χ3v) is 4.95. The Hall–Kier alpha value is -2.66. The fourth-order valence-electron chi connectivity index (χ4n) is 2.76. The van der Waals surface area contributed by atoms with E-state index in [1.54, 1.807) is 36.7 Å². The fraction of sp³-hybridized carbons (Fsp3) is 0.143. The maximum absolute atomic E-state index is 12.2. The number of rotatable bonds is 6. The van der Waals surface area contributed by atoms with Crippen molar-refractivity contribution in [3.8, 4) is 5.75 Å². The SMILES string of the molecule is O=C(NCc1ccc(O)cc1CCc1ccccc1Br)c1cccnc1. The van der Waals surface area contributed by atoms with Crippen LogP contribution >= 0.6 is 15.9 Å². The van der Waals surface area contributed by atoms with Crippen LogP contribution < -0.4 is 5.32 Å². The number of hydrogen-bond donors (Lipinski definition) is 2. The van der Waals surface area contributed by atoms with Crippen LogP contribution in [0, 0.1) is 0 Å². The molecule has 0 atom stereocenters. The van der Waals surface area contributed by atoms with E-state index in [1.807, 2.05) is 24.3 Å². The van der Waals surface area contributed by atoms with Gasteiger partial charge in [0.25, 0.3) is 5.91 Å². The van der Waals surface area contributed by atoms with Crippen LogP contribution in [-0.2, 0) is 19.4 Å². The van der Waals surface area contributed by atoms with Crippen molar-refractivity contribution in [1.82, 2.24) is 10.3 Å². The number of amides is 1. The molecule has 0 radical (unpaired) electrons. The third kappa shape index (κ3) is 4.70. The summed E-state index contributed by atoms with van der Waals surface area (Å²) in [5.74, 6) is 0.0670. The molecule has 1 amide bonds. The molecule has 0 saturated carbocycles. The molecule has 3 aromatic rings. The van der Waals surface area contributed by atoms with Crippen LogP contribution in [0.2, 0.25) is 0 Å². The number of phenols is 1. The van der Waals surface area contributed by atoms with Gasteiger partial charge >= 0.3 is 0 Å². The number of halogens is 1. The minimum Gasteiger partial charge on any atom is -0.508 e. The number of nitrogens with zero attached hydrogens (tertiary/aromatic N) is 1. The molecule has 0 aliphatic rings. The van der Waals surface area contributed by atoms with E-state index in [4.69, 9.17) is 0 Å². The van der Waals surface area contributed by atoms with Crippen molar-refractivity contribution in [3.63, 3.8) is 0 Å². The van der Waals surface area contributed by atoms with E-state index < -0.39 is 0 Å². The zero-order valence-corrected chi connectivity index (χ0v) is 15.7. The largest absolute Gasteiger partial charge is 0.508 e. The summed E-state index contributed by atoms with van der Waals surface area (Å²) in [6.07, 6.45) is 4.79. The zero-order valence-electron chi connectivity index (χ0n) is 14.2. The Morgan fingerprint density at radius 2 is 1.81 bits per heavy atom. The molecular formula is C21H19BrN2O2. The first-order valence-electron chi connectivity index (χ1n) is 8.36. The summed E-state index contributed by atoms with van der Waals surface area (Å²) < 4.78 is 1.08. The van der Waals surface area contributed by atoms with Gasteiger partial charge in [-0.2, -0.15) is 0 Å². The van der Waals surface area contributed by atoms with E-state index in [0.717, 1.165) is 28.4 Å². The Morgan fingerprint density at radius 3 is 2.58 bits per heavy atom. The molecule has 2 aromatic carbocycles. The molecular weight excluding hydrogens is 392 g/mol. The van der Waals surface area contributed by atoms with Gasteiger partial charge in [-0.25, -0.2) is 0 Å². The van der Waals surface area contributed by atoms with Gasteiger partial charge in [0.05, 0.1) is 5.56 Å². The van der Waals surface area contributed by atoms with E-state index in [-0.39, 0.29) is 11.7 Å². The number of carbonyl (C=O) groups is 1. The van der Waals surface area contributed by atoms with Crippen molar-refractivity contribution < 1.29 is 9.90 Å². The van der Waals surface area contributed by atoms with Crippen molar-refractivity contribution in [2.24, 2.45) is 0 Å². The average molecular weight is 411 g/mol. The first kappa shape index (κ1) is 18.1. The first-order chi connectivity index (χ1) is 12.6. The number of aryl methyl sites for hydroxylation is 2. The molecule has 0 saturated heterocycles. The van der Waals surface area contributed by atoms with E-state index in [2.05, 4.69) is 32.3 Å². The summed E-state index contributed by atoms with van der Waals surface area (Å²) in [7, 11) is 0. The minimum absolute atomic E-state index is 0.164. The lowest BCUT2D eigenvalue weighted by Gasteiger charge is -2.12. The average Bonchev–Trinajstić information content (AvgIpc) is 2.67. The van der Waals surface area contributed by atoms with E-state index >= 15 is 0 Å². The second-order valence-electron chi connectivity index (χ2n) is 5.97. The summed E-state index contributed by atoms with van der Waals surface area (Å²) in [5.41, 5.74) is 3.75. The minimum atomic E-state index is -0.164. The third-order valence-electron chi connectivity index (χ3n) is 4.17. The fourth-order valence-corrected chi connectivity index (χ4v) is 3.25. The molecule has 0 aliphatic heterocycles. The van der Waals surface area contributed by atoms with E-state index in [1.165, 1.54) is 5.56 Å². The van der Waals surface area contributed by atoms with Crippen LogP contribution in [0.3, 0.4) is 0 Å². The van der Waals surface area contributed by atoms with Crippen LogP contribution in [0.15, 0.2) is 71.5 Å². The number of benzene rings is 2. The normalized spacial score (nSPS) is 10.5. The van der Waals surface area contributed by atoms with Crippen molar-refractivity contribution in [1.29, 1.82) is 0 Å². The van der Waals surface area contributed by atoms with Crippen LogP contribution in [0.25, 0.3) is 0 Å². The highest BCUT2D eigenvalue weighted by atomic mass is 79.9. The number of aromatic hydroxyl groups is 1. The predicted octanol–water partition coefficient (Wildman–Crippen LogP) is 4.26. The quantitative estimate of drug-likeness (QED) is 0.637. The first-order valence-corrected chi connectivity index (χ1v) is 9.15. The summed E-state index contributed by atoms with van der Waals surface area (Å²) >= 11 is 3.57. The summed E-state index contributed by atoms with van der Waals surface area (Å²) in [6, 6.07) is 16.8. The highest BCUT2D eigenvalue weighted by Gasteiger charge is 2.09. The summed E-state index contributed by atoms with van der Waals surface area (Å²) in [4.78, 5) is 16.2. The number of carbonyl (C=O) groups excluding carboxylic acids is 1. The lowest BCUT2D eigenvalue weighted by Crippen LogP contribution is -2.23. The Balaban J connectivity index is 1.70. The highest BCUT2D eigenvalue weighted by molar-refractivity contribution is 9.10. The molecule has 4 nitrogen and oxygen atoms in total. The van der Waals surface area contributed by atoms with Gasteiger partial charge in [0.1, 0.15) is 5.75 Å². The standard InChI is InChI=1S/C21H19BrN2O2/c22-20-6-2-1-4-15(20)7-8-16-12-19(25)10-9-17(16)14-24-21(26)18-5-3-11-23-13-18/h1-6,9-13,25H,7-8,14H2,(H,24,26). The van der Waals surface area contributed by atoms with Crippen molar-refractivity contribution in [2.75, 3.05) is 0 Å². The van der Waals surface area contributed by atoms with Gasteiger partial charge in [-0.1, -0.05) is 40.2 Å². The maximum atomic E-state index is 12.2. The van der Waals surface area contributed by atoms with Crippen molar-refractivity contribution >= 4 is 21.8 Å². The lowest BCUT2D eigenvalue weighted by atomic mass is 9.99. The zero-order chi connectivity index (χ0) is 18.4. The smallest absolute Gasteiger partial charge is 0.253 e. The Bertz CT molecular complexity index is 898. The van der Waals surface area contributed by atoms with Crippen LogP contribution in [-0.4, -0.2) is 16.0 Å². The lowest BCUT2D eigenvalue weighted by molar-refractivity contribution is 0.0950. The van der Waals surface area contributed by atoms with Crippen LogP contribution in [0.4, 0.5) is 0 Å².